The van der Waals surface area contributed by atoms with E-state index >= 15 is 0 Å². The van der Waals surface area contributed by atoms with E-state index in [2.05, 4.69) is 17.6 Å². The summed E-state index contributed by atoms with van der Waals surface area (Å²) in [5.41, 5.74) is 5.84. The first-order valence-electron chi connectivity index (χ1n) is 12.5. The van der Waals surface area contributed by atoms with Crippen molar-refractivity contribution in [3.05, 3.63) is 0 Å². The molecule has 1 spiro atoms. The first-order valence-corrected chi connectivity index (χ1v) is 13.5. The number of Topliss-reactive ketones (excluding diaryl/α,β-unsaturated/α-hetero) is 1. The Bertz CT molecular complexity index is 761. The molecule has 2 aliphatic heterocycles. The normalized spacial score (nSPS) is 27.7. The molecule has 6 atom stereocenters. The molecule has 2 aliphatic rings. The Balaban J connectivity index is 2.27. The molecule has 2 fully saturated rings. The number of thioether (sulfide) groups is 1. The van der Waals surface area contributed by atoms with Crippen molar-refractivity contribution in [3.8, 4) is 0 Å². The maximum absolute atomic E-state index is 13.6. The van der Waals surface area contributed by atoms with Crippen LogP contribution in [0.2, 0.25) is 0 Å². The summed E-state index contributed by atoms with van der Waals surface area (Å²) in [6.45, 7) is 9.73. The maximum atomic E-state index is 13.6. The van der Waals surface area contributed by atoms with Crippen LogP contribution in [0.15, 0.2) is 0 Å². The molecule has 11 heteroatoms. The second-order valence-electron chi connectivity index (χ2n) is 11.0. The van der Waals surface area contributed by atoms with Crippen LogP contribution < -0.4 is 16.4 Å². The van der Waals surface area contributed by atoms with E-state index < -0.39 is 54.3 Å². The number of nitrogens with one attached hydrogen (secondary N) is 2. The monoisotopic (exact) mass is 516 g/mol. The molecule has 0 aromatic carbocycles. The number of aliphatic hydroxyl groups excluding tert-OH is 2. The van der Waals surface area contributed by atoms with Crippen molar-refractivity contribution in [2.45, 2.75) is 102 Å². The second kappa shape index (κ2) is 12.3. The predicted octanol–water partition coefficient (Wildman–Crippen LogP) is -0.0647. The lowest BCUT2D eigenvalue weighted by Gasteiger charge is -2.39. The van der Waals surface area contributed by atoms with Crippen LogP contribution in [-0.2, 0) is 14.4 Å². The summed E-state index contributed by atoms with van der Waals surface area (Å²) in [4.78, 5) is 41.4. The third-order valence-electron chi connectivity index (χ3n) is 7.21. The summed E-state index contributed by atoms with van der Waals surface area (Å²) in [7, 11) is 0. The Morgan fingerprint density at radius 3 is 2.43 bits per heavy atom. The molecule has 7 N–H and O–H groups in total. The number of aliphatic hydroxyl groups is 3. The van der Waals surface area contributed by atoms with Crippen molar-refractivity contribution in [3.63, 3.8) is 0 Å². The quantitative estimate of drug-likeness (QED) is 0.218. The van der Waals surface area contributed by atoms with Crippen LogP contribution in [0.4, 0.5) is 0 Å². The number of hydrogen-bond acceptors (Lipinski definition) is 9. The molecule has 2 amide bonds. The summed E-state index contributed by atoms with van der Waals surface area (Å²) in [5.74, 6) is -0.0828. The minimum atomic E-state index is -1.73. The molecule has 0 bridgehead atoms. The van der Waals surface area contributed by atoms with E-state index in [0.29, 0.717) is 31.7 Å². The summed E-state index contributed by atoms with van der Waals surface area (Å²) in [5, 5.41) is 33.3. The average molecular weight is 517 g/mol. The fourth-order valence-electron chi connectivity index (χ4n) is 4.80. The van der Waals surface area contributed by atoms with Crippen LogP contribution in [-0.4, -0.2) is 92.0 Å². The third-order valence-corrected chi connectivity index (χ3v) is 8.97. The minimum absolute atomic E-state index is 0.240. The molecule has 2 heterocycles. The molecule has 2 saturated heterocycles. The zero-order valence-electron chi connectivity index (χ0n) is 21.6. The van der Waals surface area contributed by atoms with Crippen LogP contribution in [0, 0.1) is 11.3 Å². The van der Waals surface area contributed by atoms with Gasteiger partial charge in [-0.25, -0.2) is 0 Å². The smallest absolute Gasteiger partial charge is 0.243 e. The van der Waals surface area contributed by atoms with Crippen LogP contribution in [0.3, 0.4) is 0 Å². The number of nitrogens with two attached hydrogens (primary N) is 1. The van der Waals surface area contributed by atoms with Crippen molar-refractivity contribution in [2.24, 2.45) is 17.1 Å². The lowest BCUT2D eigenvalue weighted by Crippen LogP contribution is -2.57. The fourth-order valence-corrected chi connectivity index (χ4v) is 6.42. The number of rotatable bonds is 10. The molecule has 2 rings (SSSR count). The lowest BCUT2D eigenvalue weighted by molar-refractivity contribution is -0.142. The number of nitrogens with zero attached hydrogens (tertiary/aromatic N) is 1. The second-order valence-corrected chi connectivity index (χ2v) is 12.5. The summed E-state index contributed by atoms with van der Waals surface area (Å²) in [6, 6.07) is -2.52. The molecule has 10 nitrogen and oxygen atoms in total. The van der Waals surface area contributed by atoms with E-state index in [1.807, 2.05) is 39.5 Å². The van der Waals surface area contributed by atoms with Crippen molar-refractivity contribution in [2.75, 3.05) is 18.8 Å². The van der Waals surface area contributed by atoms with Gasteiger partial charge >= 0.3 is 0 Å². The number of amides is 2. The minimum Gasteiger partial charge on any atom is -0.371 e. The number of likely N-dealkylation sites (tertiary alicyclic amines) is 1. The molecule has 0 aliphatic carbocycles. The highest BCUT2D eigenvalue weighted by Gasteiger charge is 2.54. The van der Waals surface area contributed by atoms with Crippen LogP contribution >= 0.6 is 11.8 Å². The van der Waals surface area contributed by atoms with Gasteiger partial charge in [-0.15, -0.1) is 0 Å². The zero-order chi connectivity index (χ0) is 26.6. The number of carbonyl (C=O) groups excluding carboxylic acids is 3. The molecule has 6 unspecified atom stereocenters. The van der Waals surface area contributed by atoms with E-state index in [0.717, 1.165) is 18.6 Å². The summed E-state index contributed by atoms with van der Waals surface area (Å²) in [6.07, 6.45) is 0.0879. The van der Waals surface area contributed by atoms with Crippen LogP contribution in [0.1, 0.15) is 66.7 Å². The average Bonchev–Trinajstić information content (AvgIpc) is 3.17. The Morgan fingerprint density at radius 2 is 1.89 bits per heavy atom. The van der Waals surface area contributed by atoms with Gasteiger partial charge in [0.2, 0.25) is 11.8 Å². The van der Waals surface area contributed by atoms with Crippen molar-refractivity contribution in [1.29, 1.82) is 0 Å². The Hall–Kier alpha value is -1.24. The molecule has 0 aromatic rings. The van der Waals surface area contributed by atoms with Gasteiger partial charge in [-0.2, -0.15) is 11.8 Å². The Morgan fingerprint density at radius 1 is 1.23 bits per heavy atom. The molecular weight excluding hydrogens is 472 g/mol. The van der Waals surface area contributed by atoms with Gasteiger partial charge < -0.3 is 31.3 Å². The predicted molar refractivity (Wildman–Crippen MR) is 135 cm³/mol. The van der Waals surface area contributed by atoms with Crippen LogP contribution in [0.5, 0.6) is 0 Å². The molecule has 0 radical (unpaired) electrons. The van der Waals surface area contributed by atoms with Gasteiger partial charge in [0.05, 0.1) is 12.1 Å². The SMILES string of the molecule is CCCC(NC(=O)C1CC2(CN1C(=O)C(N)C(C)(C)C)SCCCC2C)C(=O)C(O)NCC(O)O. The number of hydrogen-bond donors (Lipinski definition) is 6. The van der Waals surface area contributed by atoms with E-state index in [4.69, 9.17) is 15.9 Å². The third kappa shape index (κ3) is 7.39. The Kier molecular flexibility index (Phi) is 10.6. The highest BCUT2D eigenvalue weighted by atomic mass is 32.2. The van der Waals surface area contributed by atoms with Crippen molar-refractivity contribution in [1.82, 2.24) is 15.5 Å². The van der Waals surface area contributed by atoms with Gasteiger partial charge in [-0.3, -0.25) is 19.7 Å². The summed E-state index contributed by atoms with van der Waals surface area (Å²) < 4.78 is -0.240. The molecule has 35 heavy (non-hydrogen) atoms. The highest BCUT2D eigenvalue weighted by molar-refractivity contribution is 8.00. The topological polar surface area (TPSA) is 165 Å². The summed E-state index contributed by atoms with van der Waals surface area (Å²) >= 11 is 1.81. The fraction of sp³-hybridized carbons (Fsp3) is 0.875. The largest absolute Gasteiger partial charge is 0.371 e. The van der Waals surface area contributed by atoms with Gasteiger partial charge in [-0.05, 0) is 42.8 Å². The molecule has 202 valence electrons. The maximum Gasteiger partial charge on any atom is 0.243 e. The lowest BCUT2D eigenvalue weighted by atomic mass is 9.86. The van der Waals surface area contributed by atoms with Crippen molar-refractivity contribution >= 4 is 29.4 Å². The highest BCUT2D eigenvalue weighted by Crippen LogP contribution is 2.49. The van der Waals surface area contributed by atoms with E-state index in [1.54, 1.807) is 4.90 Å². The standard InChI is InChI=1S/C24H44N4O6S/c1-6-8-15(18(31)21(33)26-12-17(29)30)27-20(32)16-11-24(14(2)9-7-10-35-24)13-28(16)22(34)19(25)23(3,4)5/h14-17,19,21,26,29-30,33H,6-13,25H2,1-5H3,(H,27,32). The van der Waals surface area contributed by atoms with Gasteiger partial charge in [0.25, 0.3) is 0 Å². The first-order chi connectivity index (χ1) is 16.2. The van der Waals surface area contributed by atoms with Gasteiger partial charge in [0.15, 0.2) is 18.3 Å². The molecular formula is C24H44N4O6S. The molecule has 0 saturated carbocycles. The Labute approximate surface area is 212 Å². The van der Waals surface area contributed by atoms with Gasteiger partial charge in [0, 0.05) is 17.8 Å². The van der Waals surface area contributed by atoms with Gasteiger partial charge in [-0.1, -0.05) is 41.0 Å². The van der Waals surface area contributed by atoms with Gasteiger partial charge in [0.1, 0.15) is 6.04 Å². The zero-order valence-corrected chi connectivity index (χ0v) is 22.4. The number of ketones is 1. The number of carbonyl (C=O) groups is 3. The van der Waals surface area contributed by atoms with E-state index in [-0.39, 0.29) is 10.7 Å². The van der Waals surface area contributed by atoms with E-state index in [1.165, 1.54) is 0 Å². The molecule has 0 aromatic heterocycles. The van der Waals surface area contributed by atoms with E-state index in [9.17, 15) is 19.5 Å². The van der Waals surface area contributed by atoms with Crippen LogP contribution in [0.25, 0.3) is 0 Å². The first kappa shape index (κ1) is 30.0. The van der Waals surface area contributed by atoms with Crippen molar-refractivity contribution < 1.29 is 29.7 Å².